The zero-order chi connectivity index (χ0) is 14.2. The van der Waals surface area contributed by atoms with E-state index in [2.05, 4.69) is 42.9 Å². The molecule has 0 unspecified atom stereocenters. The molecule has 0 aromatic heterocycles. The Morgan fingerprint density at radius 2 is 1.83 bits per heavy atom. The van der Waals surface area contributed by atoms with Crippen molar-refractivity contribution in [2.45, 2.75) is 51.5 Å². The topological polar surface area (TPSA) is 58.2 Å². The van der Waals surface area contributed by atoms with Crippen LogP contribution >= 0.6 is 12.6 Å². The lowest BCUT2D eigenvalue weighted by molar-refractivity contribution is -0.127. The fourth-order valence-electron chi connectivity index (χ4n) is 1.55. The molecule has 0 heterocycles. The number of thiol groups is 1. The van der Waals surface area contributed by atoms with E-state index in [1.807, 2.05) is 0 Å². The van der Waals surface area contributed by atoms with Gasteiger partial charge in [0.1, 0.15) is 6.04 Å². The van der Waals surface area contributed by atoms with Gasteiger partial charge in [-0.05, 0) is 6.42 Å². The molecule has 0 bridgehead atoms. The number of nitrogens with one attached hydrogen (secondary N) is 2. The minimum Gasteiger partial charge on any atom is -0.354 e. The van der Waals surface area contributed by atoms with E-state index in [4.69, 9.17) is 0 Å². The molecule has 106 valence electrons. The number of hydrogen-bond donors (Lipinski definition) is 3. The van der Waals surface area contributed by atoms with Gasteiger partial charge in [0.2, 0.25) is 11.8 Å². The van der Waals surface area contributed by atoms with Crippen molar-refractivity contribution in [1.82, 2.24) is 10.6 Å². The third-order valence-electron chi connectivity index (χ3n) is 2.53. The molecule has 0 aliphatic heterocycles. The van der Waals surface area contributed by atoms with Gasteiger partial charge in [0.15, 0.2) is 0 Å². The second kappa shape index (κ2) is 8.58. The highest BCUT2D eigenvalue weighted by molar-refractivity contribution is 7.80. The highest BCUT2D eigenvalue weighted by atomic mass is 32.1. The van der Waals surface area contributed by atoms with Crippen molar-refractivity contribution in [2.24, 2.45) is 0 Å². The van der Waals surface area contributed by atoms with Crippen LogP contribution in [0.3, 0.4) is 0 Å². The second-order valence-corrected chi connectivity index (χ2v) is 11.7. The average molecular weight is 291 g/mol. The van der Waals surface area contributed by atoms with E-state index in [1.54, 1.807) is 0 Å². The van der Waals surface area contributed by atoms with Crippen LogP contribution in [0.25, 0.3) is 0 Å². The zero-order valence-corrected chi connectivity index (χ0v) is 13.8. The third kappa shape index (κ3) is 9.53. The largest absolute Gasteiger partial charge is 0.354 e. The van der Waals surface area contributed by atoms with Crippen LogP contribution in [-0.4, -0.2) is 38.2 Å². The zero-order valence-electron chi connectivity index (χ0n) is 11.9. The minimum absolute atomic E-state index is 0.145. The second-order valence-electron chi connectivity index (χ2n) is 5.74. The molecule has 2 amide bonds. The highest BCUT2D eigenvalue weighted by Crippen LogP contribution is 2.12. The summed E-state index contributed by atoms with van der Waals surface area (Å²) in [4.78, 5) is 22.6. The number of rotatable bonds is 8. The van der Waals surface area contributed by atoms with E-state index in [9.17, 15) is 9.59 Å². The minimum atomic E-state index is -0.967. The molecule has 6 heteroatoms. The monoisotopic (exact) mass is 290 g/mol. The summed E-state index contributed by atoms with van der Waals surface area (Å²) in [6.07, 6.45) is 2.15. The lowest BCUT2D eigenvalue weighted by Gasteiger charge is -2.17. The first-order valence-electron chi connectivity index (χ1n) is 6.42. The summed E-state index contributed by atoms with van der Waals surface area (Å²) in [6, 6.07) is 0.757. The molecule has 0 fully saturated rings. The van der Waals surface area contributed by atoms with E-state index >= 15 is 0 Å². The van der Waals surface area contributed by atoms with Crippen molar-refractivity contribution >= 4 is 32.5 Å². The van der Waals surface area contributed by atoms with Crippen LogP contribution in [0.1, 0.15) is 19.8 Å². The molecule has 0 radical (unpaired) electrons. The van der Waals surface area contributed by atoms with Crippen LogP contribution in [0.15, 0.2) is 0 Å². The van der Waals surface area contributed by atoms with Crippen molar-refractivity contribution < 1.29 is 9.59 Å². The predicted molar refractivity (Wildman–Crippen MR) is 81.9 cm³/mol. The van der Waals surface area contributed by atoms with Crippen LogP contribution in [0.5, 0.6) is 0 Å². The van der Waals surface area contributed by atoms with Gasteiger partial charge < -0.3 is 10.6 Å². The van der Waals surface area contributed by atoms with Crippen LogP contribution in [0.2, 0.25) is 25.7 Å². The quantitative estimate of drug-likeness (QED) is 0.362. The van der Waals surface area contributed by atoms with Gasteiger partial charge in [-0.2, -0.15) is 12.6 Å². The number of carbonyl (C=O) groups excluding carboxylic acids is 2. The maximum absolute atomic E-state index is 11.7. The Bertz CT molecular complexity index is 280. The Morgan fingerprint density at radius 3 is 2.28 bits per heavy atom. The van der Waals surface area contributed by atoms with Crippen LogP contribution in [0.4, 0.5) is 0 Å². The van der Waals surface area contributed by atoms with E-state index in [1.165, 1.54) is 13.0 Å². The molecule has 18 heavy (non-hydrogen) atoms. The molecule has 4 nitrogen and oxygen atoms in total. The van der Waals surface area contributed by atoms with Gasteiger partial charge in [-0.25, -0.2) is 0 Å². The van der Waals surface area contributed by atoms with Crippen molar-refractivity contribution in [1.29, 1.82) is 0 Å². The van der Waals surface area contributed by atoms with Gasteiger partial charge in [-0.1, -0.05) is 32.1 Å². The standard InChI is InChI=1S/C12H26N2O2SSi/c1-10(15)14-11(9-17)12(16)13-7-5-6-8-18(2,3)4/h11,17H,5-9H2,1-4H3,(H,13,16)(H,14,15)/t11-/m0/s1. The van der Waals surface area contributed by atoms with Crippen molar-refractivity contribution in [3.8, 4) is 0 Å². The number of hydrogen-bond acceptors (Lipinski definition) is 3. The maximum Gasteiger partial charge on any atom is 0.243 e. The van der Waals surface area contributed by atoms with Crippen molar-refractivity contribution in [3.63, 3.8) is 0 Å². The molecule has 0 aliphatic rings. The van der Waals surface area contributed by atoms with Crippen LogP contribution in [0, 0.1) is 0 Å². The highest BCUT2D eigenvalue weighted by Gasteiger charge is 2.17. The predicted octanol–water partition coefficient (Wildman–Crippen LogP) is 1.66. The van der Waals surface area contributed by atoms with Gasteiger partial charge in [0.05, 0.1) is 0 Å². The Balaban J connectivity index is 3.78. The summed E-state index contributed by atoms with van der Waals surface area (Å²) >= 11 is 4.06. The first-order valence-corrected chi connectivity index (χ1v) is 10.8. The van der Waals surface area contributed by atoms with E-state index in [0.717, 1.165) is 12.8 Å². The molecule has 0 rings (SSSR count). The van der Waals surface area contributed by atoms with Gasteiger partial charge >= 0.3 is 0 Å². The number of carbonyl (C=O) groups is 2. The van der Waals surface area contributed by atoms with Gasteiger partial charge in [0.25, 0.3) is 0 Å². The maximum atomic E-state index is 11.7. The van der Waals surface area contributed by atoms with Crippen molar-refractivity contribution in [2.75, 3.05) is 12.3 Å². The molecule has 0 spiro atoms. The summed E-state index contributed by atoms with van der Waals surface area (Å²) in [5.41, 5.74) is 0. The lowest BCUT2D eigenvalue weighted by Crippen LogP contribution is -2.47. The Morgan fingerprint density at radius 1 is 1.22 bits per heavy atom. The third-order valence-corrected chi connectivity index (χ3v) is 4.75. The average Bonchev–Trinajstić information content (AvgIpc) is 2.23. The van der Waals surface area contributed by atoms with Gasteiger partial charge in [-0.15, -0.1) is 0 Å². The molecule has 0 saturated carbocycles. The first-order chi connectivity index (χ1) is 8.26. The SMILES string of the molecule is CC(=O)N[C@@H](CS)C(=O)NCCCC[Si](C)(C)C. The molecular formula is C12H26N2O2SSi. The summed E-state index contributed by atoms with van der Waals surface area (Å²) in [5, 5.41) is 5.41. The lowest BCUT2D eigenvalue weighted by atomic mass is 10.3. The molecule has 1 atom stereocenters. The number of unbranched alkanes of at least 4 members (excludes halogenated alkanes) is 1. The summed E-state index contributed by atoms with van der Waals surface area (Å²) < 4.78 is 0. The number of amides is 2. The van der Waals surface area contributed by atoms with E-state index in [-0.39, 0.29) is 11.8 Å². The first kappa shape index (κ1) is 17.5. The Hall–Kier alpha value is -0.493. The molecule has 2 N–H and O–H groups in total. The fourth-order valence-corrected chi connectivity index (χ4v) is 3.12. The molecule has 0 saturated heterocycles. The summed E-state index contributed by atoms with van der Waals surface area (Å²) in [6.45, 7) is 9.11. The smallest absolute Gasteiger partial charge is 0.243 e. The summed E-state index contributed by atoms with van der Waals surface area (Å²) in [7, 11) is -0.967. The molecule has 0 aromatic rings. The Labute approximate surface area is 117 Å². The normalized spacial score (nSPS) is 12.9. The van der Waals surface area contributed by atoms with E-state index < -0.39 is 14.1 Å². The van der Waals surface area contributed by atoms with Crippen LogP contribution < -0.4 is 10.6 Å². The van der Waals surface area contributed by atoms with E-state index in [0.29, 0.717) is 12.3 Å². The Kier molecular flexibility index (Phi) is 8.35. The molecular weight excluding hydrogens is 264 g/mol. The fraction of sp³-hybridized carbons (Fsp3) is 0.833. The van der Waals surface area contributed by atoms with Crippen molar-refractivity contribution in [3.05, 3.63) is 0 Å². The molecule has 0 aromatic carbocycles. The molecule has 0 aliphatic carbocycles. The summed E-state index contributed by atoms with van der Waals surface area (Å²) in [5.74, 6) is -0.0310. The van der Waals surface area contributed by atoms with Crippen LogP contribution in [-0.2, 0) is 9.59 Å². The van der Waals surface area contributed by atoms with Gasteiger partial charge in [0, 0.05) is 27.3 Å². The van der Waals surface area contributed by atoms with Gasteiger partial charge in [-0.3, -0.25) is 9.59 Å².